The summed E-state index contributed by atoms with van der Waals surface area (Å²) in [7, 11) is 3.13. The Labute approximate surface area is 166 Å². The lowest BCUT2D eigenvalue weighted by Gasteiger charge is -2.18. The number of halogens is 1. The van der Waals surface area contributed by atoms with Gasteiger partial charge in [0, 0.05) is 30.3 Å². The fourth-order valence-corrected chi connectivity index (χ4v) is 3.49. The Morgan fingerprint density at radius 3 is 2.68 bits per heavy atom. The first kappa shape index (κ1) is 18.3. The van der Waals surface area contributed by atoms with Gasteiger partial charge in [-0.1, -0.05) is 28.9 Å². The SMILES string of the molecule is COc1ccc(N2C[C@@H](c3nc(-c4ccccc4Cl)no3)CC2=O)cc1OC. The Bertz CT molecular complexity index is 1020. The fraction of sp³-hybridized carbons (Fsp3) is 0.250. The molecule has 0 radical (unpaired) electrons. The third-order valence-corrected chi connectivity index (χ3v) is 5.04. The molecule has 4 rings (SSSR count). The van der Waals surface area contributed by atoms with E-state index in [1.165, 1.54) is 0 Å². The first-order valence-corrected chi connectivity index (χ1v) is 9.09. The molecule has 2 heterocycles. The molecule has 0 bridgehead atoms. The lowest BCUT2D eigenvalue weighted by molar-refractivity contribution is -0.117. The molecule has 1 atom stereocenters. The lowest BCUT2D eigenvalue weighted by Crippen LogP contribution is -2.24. The van der Waals surface area contributed by atoms with E-state index in [1.54, 1.807) is 37.3 Å². The number of hydrogen-bond donors (Lipinski definition) is 0. The van der Waals surface area contributed by atoms with E-state index < -0.39 is 0 Å². The number of hydrogen-bond acceptors (Lipinski definition) is 6. The third kappa shape index (κ3) is 3.29. The number of methoxy groups -OCH3 is 2. The maximum Gasteiger partial charge on any atom is 0.232 e. The molecule has 1 fully saturated rings. The number of benzene rings is 2. The van der Waals surface area contributed by atoms with Crippen LogP contribution in [0.3, 0.4) is 0 Å². The summed E-state index contributed by atoms with van der Waals surface area (Å²) in [5.74, 6) is 1.80. The van der Waals surface area contributed by atoms with Gasteiger partial charge < -0.3 is 18.9 Å². The zero-order valence-electron chi connectivity index (χ0n) is 15.4. The molecule has 1 aliphatic heterocycles. The van der Waals surface area contributed by atoms with Crippen LogP contribution < -0.4 is 14.4 Å². The van der Waals surface area contributed by atoms with Crippen molar-refractivity contribution in [2.45, 2.75) is 12.3 Å². The van der Waals surface area contributed by atoms with Gasteiger partial charge in [0.05, 0.1) is 25.2 Å². The van der Waals surface area contributed by atoms with Crippen molar-refractivity contribution in [1.29, 1.82) is 0 Å². The summed E-state index contributed by atoms with van der Waals surface area (Å²) in [4.78, 5) is 18.7. The van der Waals surface area contributed by atoms with Crippen molar-refractivity contribution < 1.29 is 18.8 Å². The van der Waals surface area contributed by atoms with Crippen LogP contribution in [0.5, 0.6) is 11.5 Å². The topological polar surface area (TPSA) is 77.7 Å². The maximum absolute atomic E-state index is 12.6. The van der Waals surface area contributed by atoms with E-state index in [4.69, 9.17) is 25.6 Å². The Morgan fingerprint density at radius 2 is 1.93 bits per heavy atom. The first-order chi connectivity index (χ1) is 13.6. The molecule has 0 unspecified atom stereocenters. The van der Waals surface area contributed by atoms with E-state index in [2.05, 4.69) is 10.1 Å². The van der Waals surface area contributed by atoms with E-state index in [0.29, 0.717) is 46.8 Å². The molecule has 7 nitrogen and oxygen atoms in total. The minimum atomic E-state index is -0.190. The molecule has 1 saturated heterocycles. The minimum absolute atomic E-state index is 0.0188. The van der Waals surface area contributed by atoms with Gasteiger partial charge in [-0.3, -0.25) is 4.79 Å². The Kier molecular flexibility index (Phi) is 4.92. The zero-order chi connectivity index (χ0) is 19.7. The summed E-state index contributed by atoms with van der Waals surface area (Å²) in [6.45, 7) is 0.443. The van der Waals surface area contributed by atoms with Crippen molar-refractivity contribution in [2.75, 3.05) is 25.7 Å². The van der Waals surface area contributed by atoms with E-state index in [9.17, 15) is 4.79 Å². The molecule has 0 N–H and O–H groups in total. The van der Waals surface area contributed by atoms with Crippen LogP contribution >= 0.6 is 11.6 Å². The van der Waals surface area contributed by atoms with Crippen molar-refractivity contribution >= 4 is 23.2 Å². The second-order valence-electron chi connectivity index (χ2n) is 6.38. The standard InChI is InChI=1S/C20H18ClN3O4/c1-26-16-8-7-13(10-17(16)27-2)24-11-12(9-18(24)25)20-22-19(23-28-20)14-5-3-4-6-15(14)21/h3-8,10,12H,9,11H2,1-2H3/t12-/m0/s1. The van der Waals surface area contributed by atoms with E-state index in [-0.39, 0.29) is 11.8 Å². The fourth-order valence-electron chi connectivity index (χ4n) is 3.27. The largest absolute Gasteiger partial charge is 0.493 e. The lowest BCUT2D eigenvalue weighted by atomic mass is 10.1. The monoisotopic (exact) mass is 399 g/mol. The van der Waals surface area contributed by atoms with Gasteiger partial charge in [-0.2, -0.15) is 4.98 Å². The molecular weight excluding hydrogens is 382 g/mol. The summed E-state index contributed by atoms with van der Waals surface area (Å²) in [6, 6.07) is 12.7. The van der Waals surface area contributed by atoms with Gasteiger partial charge in [0.15, 0.2) is 11.5 Å². The van der Waals surface area contributed by atoms with Crippen LogP contribution in [-0.2, 0) is 4.79 Å². The predicted octanol–water partition coefficient (Wildman–Crippen LogP) is 3.93. The summed E-state index contributed by atoms with van der Waals surface area (Å²) in [6.07, 6.45) is 0.290. The Balaban J connectivity index is 1.57. The van der Waals surface area contributed by atoms with E-state index >= 15 is 0 Å². The van der Waals surface area contributed by atoms with Gasteiger partial charge >= 0.3 is 0 Å². The van der Waals surface area contributed by atoms with Crippen molar-refractivity contribution in [2.24, 2.45) is 0 Å². The molecule has 8 heteroatoms. The van der Waals surface area contributed by atoms with Crippen LogP contribution in [0, 0.1) is 0 Å². The number of nitrogens with zero attached hydrogens (tertiary/aromatic N) is 3. The van der Waals surface area contributed by atoms with Crippen LogP contribution in [0.1, 0.15) is 18.2 Å². The van der Waals surface area contributed by atoms with Gasteiger partial charge in [-0.25, -0.2) is 0 Å². The zero-order valence-corrected chi connectivity index (χ0v) is 16.1. The second-order valence-corrected chi connectivity index (χ2v) is 6.79. The highest BCUT2D eigenvalue weighted by molar-refractivity contribution is 6.33. The molecule has 1 amide bonds. The number of rotatable bonds is 5. The van der Waals surface area contributed by atoms with Crippen molar-refractivity contribution in [3.63, 3.8) is 0 Å². The maximum atomic E-state index is 12.6. The van der Waals surface area contributed by atoms with E-state index in [1.807, 2.05) is 24.3 Å². The quantitative estimate of drug-likeness (QED) is 0.647. The predicted molar refractivity (Wildman–Crippen MR) is 104 cm³/mol. The van der Waals surface area contributed by atoms with Gasteiger partial charge in [-0.05, 0) is 24.3 Å². The van der Waals surface area contributed by atoms with Crippen LogP contribution in [0.15, 0.2) is 47.0 Å². The third-order valence-electron chi connectivity index (χ3n) is 4.71. The molecule has 0 aliphatic carbocycles. The molecule has 1 aliphatic rings. The highest BCUT2D eigenvalue weighted by Crippen LogP contribution is 2.36. The average Bonchev–Trinajstić information content (AvgIpc) is 3.34. The number of aromatic nitrogens is 2. The van der Waals surface area contributed by atoms with Crippen molar-refractivity contribution in [1.82, 2.24) is 10.1 Å². The number of carbonyl (C=O) groups excluding carboxylic acids is 1. The highest BCUT2D eigenvalue weighted by Gasteiger charge is 2.35. The van der Waals surface area contributed by atoms with Crippen molar-refractivity contribution in [3.8, 4) is 22.9 Å². The molecule has 28 heavy (non-hydrogen) atoms. The van der Waals surface area contributed by atoms with Crippen molar-refractivity contribution in [3.05, 3.63) is 53.4 Å². The van der Waals surface area contributed by atoms with Gasteiger partial charge in [0.25, 0.3) is 0 Å². The van der Waals surface area contributed by atoms with Gasteiger partial charge in [0.2, 0.25) is 17.6 Å². The molecule has 2 aromatic carbocycles. The van der Waals surface area contributed by atoms with Crippen LogP contribution in [-0.4, -0.2) is 36.8 Å². The summed E-state index contributed by atoms with van der Waals surface area (Å²) < 4.78 is 16.0. The summed E-state index contributed by atoms with van der Waals surface area (Å²) in [5, 5.41) is 4.57. The average molecular weight is 400 g/mol. The van der Waals surface area contributed by atoms with Crippen LogP contribution in [0.4, 0.5) is 5.69 Å². The van der Waals surface area contributed by atoms with E-state index in [0.717, 1.165) is 5.69 Å². The first-order valence-electron chi connectivity index (χ1n) is 8.71. The summed E-state index contributed by atoms with van der Waals surface area (Å²) >= 11 is 6.20. The normalized spacial score (nSPS) is 16.5. The van der Waals surface area contributed by atoms with Gasteiger partial charge in [0.1, 0.15) is 0 Å². The second kappa shape index (κ2) is 7.52. The number of ether oxygens (including phenoxy) is 2. The highest BCUT2D eigenvalue weighted by atomic mass is 35.5. The number of amides is 1. The molecule has 1 aromatic heterocycles. The Morgan fingerprint density at radius 1 is 1.14 bits per heavy atom. The smallest absolute Gasteiger partial charge is 0.232 e. The molecule has 144 valence electrons. The van der Waals surface area contributed by atoms with Crippen LogP contribution in [0.2, 0.25) is 5.02 Å². The molecular formula is C20H18ClN3O4. The minimum Gasteiger partial charge on any atom is -0.493 e. The molecule has 0 spiro atoms. The number of anilines is 1. The summed E-state index contributed by atoms with van der Waals surface area (Å²) in [5.41, 5.74) is 1.43. The van der Waals surface area contributed by atoms with Gasteiger partial charge in [-0.15, -0.1) is 0 Å². The molecule has 3 aromatic rings. The van der Waals surface area contributed by atoms with Crippen LogP contribution in [0.25, 0.3) is 11.4 Å². The number of carbonyl (C=O) groups is 1. The molecule has 0 saturated carbocycles. The Hall–Kier alpha value is -3.06.